The number of para-hydroxylation sites is 1. The van der Waals surface area contributed by atoms with Crippen LogP contribution in [0.3, 0.4) is 0 Å². The highest BCUT2D eigenvalue weighted by atomic mass is 32.1. The van der Waals surface area contributed by atoms with Gasteiger partial charge in [0.15, 0.2) is 0 Å². The standard InChI is InChI=1S/C14H19N3S/c1-3-7-11(8-4-2)16-17-14-15-12-9-5-6-10-13(12)18-14/h5-6,9-10H,3-4,7-8H2,1-2H3,(H,15,17). The quantitative estimate of drug-likeness (QED) is 0.606. The van der Waals surface area contributed by atoms with Gasteiger partial charge in [0.2, 0.25) is 5.13 Å². The van der Waals surface area contributed by atoms with Crippen LogP contribution in [0.2, 0.25) is 0 Å². The average Bonchev–Trinajstić information content (AvgIpc) is 2.79. The lowest BCUT2D eigenvalue weighted by atomic mass is 10.1. The van der Waals surface area contributed by atoms with Crippen molar-refractivity contribution >= 4 is 32.4 Å². The largest absolute Gasteiger partial charge is 0.253 e. The first-order valence-electron chi connectivity index (χ1n) is 6.50. The van der Waals surface area contributed by atoms with Crippen molar-refractivity contribution in [2.24, 2.45) is 5.10 Å². The monoisotopic (exact) mass is 261 g/mol. The molecular formula is C14H19N3S. The van der Waals surface area contributed by atoms with Crippen LogP contribution in [0.4, 0.5) is 5.13 Å². The third kappa shape index (κ3) is 3.29. The van der Waals surface area contributed by atoms with E-state index in [2.05, 4.69) is 35.4 Å². The smallest absolute Gasteiger partial charge is 0.204 e. The van der Waals surface area contributed by atoms with Crippen molar-refractivity contribution in [1.29, 1.82) is 0 Å². The molecule has 0 amide bonds. The fourth-order valence-electron chi connectivity index (χ4n) is 1.86. The average molecular weight is 261 g/mol. The Morgan fingerprint density at radius 1 is 1.22 bits per heavy atom. The van der Waals surface area contributed by atoms with E-state index in [0.29, 0.717) is 0 Å². The number of rotatable bonds is 6. The van der Waals surface area contributed by atoms with Gasteiger partial charge in [-0.25, -0.2) is 4.98 Å². The number of nitrogens with one attached hydrogen (secondary N) is 1. The van der Waals surface area contributed by atoms with Crippen LogP contribution in [0, 0.1) is 0 Å². The Morgan fingerprint density at radius 3 is 2.61 bits per heavy atom. The Balaban J connectivity index is 2.09. The van der Waals surface area contributed by atoms with Crippen LogP contribution in [0.25, 0.3) is 10.2 Å². The number of fused-ring (bicyclic) bond motifs is 1. The highest BCUT2D eigenvalue weighted by Crippen LogP contribution is 2.25. The number of hydrogen-bond acceptors (Lipinski definition) is 4. The SMILES string of the molecule is CCCC(CCC)=NNc1nc2ccccc2s1. The van der Waals surface area contributed by atoms with Crippen molar-refractivity contribution in [2.45, 2.75) is 39.5 Å². The molecule has 2 rings (SSSR count). The highest BCUT2D eigenvalue weighted by molar-refractivity contribution is 7.22. The maximum absolute atomic E-state index is 4.51. The summed E-state index contributed by atoms with van der Waals surface area (Å²) in [5, 5.41) is 5.36. The van der Waals surface area contributed by atoms with Crippen LogP contribution < -0.4 is 5.43 Å². The number of aromatic nitrogens is 1. The first-order chi connectivity index (χ1) is 8.83. The van der Waals surface area contributed by atoms with Gasteiger partial charge in [0.25, 0.3) is 0 Å². The highest BCUT2D eigenvalue weighted by Gasteiger charge is 2.02. The van der Waals surface area contributed by atoms with Crippen molar-refractivity contribution < 1.29 is 0 Å². The number of thiazole rings is 1. The van der Waals surface area contributed by atoms with Gasteiger partial charge in [0.05, 0.1) is 10.2 Å². The molecule has 0 atom stereocenters. The zero-order valence-electron chi connectivity index (χ0n) is 10.9. The van der Waals surface area contributed by atoms with Crippen molar-refractivity contribution in [2.75, 3.05) is 5.43 Å². The minimum absolute atomic E-state index is 0.876. The van der Waals surface area contributed by atoms with Crippen LogP contribution in [-0.2, 0) is 0 Å². The second-order valence-corrected chi connectivity index (χ2v) is 5.31. The molecule has 0 spiro atoms. The Labute approximate surface area is 112 Å². The van der Waals surface area contributed by atoms with E-state index in [0.717, 1.165) is 36.3 Å². The van der Waals surface area contributed by atoms with Gasteiger partial charge in [-0.1, -0.05) is 50.2 Å². The van der Waals surface area contributed by atoms with Crippen LogP contribution >= 0.6 is 11.3 Å². The van der Waals surface area contributed by atoms with E-state index < -0.39 is 0 Å². The minimum atomic E-state index is 0.876. The maximum atomic E-state index is 4.51. The third-order valence-electron chi connectivity index (χ3n) is 2.68. The number of benzene rings is 1. The number of nitrogens with zero attached hydrogens (tertiary/aromatic N) is 2. The van der Waals surface area contributed by atoms with E-state index in [1.54, 1.807) is 11.3 Å². The Kier molecular flexibility index (Phi) is 4.70. The summed E-state index contributed by atoms with van der Waals surface area (Å²) in [4.78, 5) is 4.51. The molecular weight excluding hydrogens is 242 g/mol. The van der Waals surface area contributed by atoms with Crippen LogP contribution in [0.5, 0.6) is 0 Å². The summed E-state index contributed by atoms with van der Waals surface area (Å²) >= 11 is 1.65. The van der Waals surface area contributed by atoms with E-state index in [1.807, 2.05) is 18.2 Å². The van der Waals surface area contributed by atoms with E-state index in [-0.39, 0.29) is 0 Å². The molecule has 18 heavy (non-hydrogen) atoms. The zero-order chi connectivity index (χ0) is 12.8. The third-order valence-corrected chi connectivity index (χ3v) is 3.62. The van der Waals surface area contributed by atoms with Gasteiger partial charge in [-0.15, -0.1) is 0 Å². The molecule has 3 nitrogen and oxygen atoms in total. The first-order valence-corrected chi connectivity index (χ1v) is 7.32. The normalized spacial score (nSPS) is 10.6. The second kappa shape index (κ2) is 6.50. The molecule has 2 aromatic rings. The van der Waals surface area contributed by atoms with Gasteiger partial charge < -0.3 is 0 Å². The summed E-state index contributed by atoms with van der Waals surface area (Å²) in [6.45, 7) is 4.37. The fourth-order valence-corrected chi connectivity index (χ4v) is 2.67. The van der Waals surface area contributed by atoms with Gasteiger partial charge in [-0.2, -0.15) is 5.10 Å². The van der Waals surface area contributed by atoms with Crippen molar-refractivity contribution in [3.63, 3.8) is 0 Å². The molecule has 4 heteroatoms. The molecule has 0 radical (unpaired) electrons. The molecule has 1 heterocycles. The molecule has 0 unspecified atom stereocenters. The topological polar surface area (TPSA) is 37.3 Å². The lowest BCUT2D eigenvalue weighted by Crippen LogP contribution is -2.01. The molecule has 0 aliphatic heterocycles. The summed E-state index contributed by atoms with van der Waals surface area (Å²) in [6, 6.07) is 8.16. The molecule has 1 aromatic carbocycles. The van der Waals surface area contributed by atoms with Crippen molar-refractivity contribution in [3.05, 3.63) is 24.3 Å². The number of anilines is 1. The van der Waals surface area contributed by atoms with Gasteiger partial charge in [-0.05, 0) is 25.0 Å². The predicted octanol–water partition coefficient (Wildman–Crippen LogP) is 4.66. The molecule has 96 valence electrons. The molecule has 1 aromatic heterocycles. The molecule has 0 saturated heterocycles. The Morgan fingerprint density at radius 2 is 1.94 bits per heavy atom. The van der Waals surface area contributed by atoms with E-state index in [9.17, 15) is 0 Å². The number of hydrogen-bond donors (Lipinski definition) is 1. The fraction of sp³-hybridized carbons (Fsp3) is 0.429. The number of hydrazone groups is 1. The zero-order valence-corrected chi connectivity index (χ0v) is 11.8. The summed E-state index contributed by atoms with van der Waals surface area (Å²) in [6.07, 6.45) is 4.40. The molecule has 0 saturated carbocycles. The summed E-state index contributed by atoms with van der Waals surface area (Å²) < 4.78 is 1.20. The lowest BCUT2D eigenvalue weighted by Gasteiger charge is -2.02. The van der Waals surface area contributed by atoms with Crippen LogP contribution in [-0.4, -0.2) is 10.7 Å². The second-order valence-electron chi connectivity index (χ2n) is 4.28. The van der Waals surface area contributed by atoms with Gasteiger partial charge in [-0.3, -0.25) is 5.43 Å². The van der Waals surface area contributed by atoms with Crippen molar-refractivity contribution in [3.8, 4) is 0 Å². The molecule has 1 N–H and O–H groups in total. The Hall–Kier alpha value is -1.42. The van der Waals surface area contributed by atoms with Gasteiger partial charge >= 0.3 is 0 Å². The first kappa shape index (κ1) is 13.0. The van der Waals surface area contributed by atoms with Crippen molar-refractivity contribution in [1.82, 2.24) is 4.98 Å². The van der Waals surface area contributed by atoms with Gasteiger partial charge in [0.1, 0.15) is 0 Å². The molecule has 0 aliphatic carbocycles. The predicted molar refractivity (Wildman–Crippen MR) is 80.5 cm³/mol. The molecule has 0 bridgehead atoms. The minimum Gasteiger partial charge on any atom is -0.253 e. The van der Waals surface area contributed by atoms with Crippen LogP contribution in [0.15, 0.2) is 29.4 Å². The van der Waals surface area contributed by atoms with E-state index in [4.69, 9.17) is 0 Å². The summed E-state index contributed by atoms with van der Waals surface area (Å²) in [7, 11) is 0. The maximum Gasteiger partial charge on any atom is 0.204 e. The lowest BCUT2D eigenvalue weighted by molar-refractivity contribution is 0.909. The Bertz CT molecular complexity index is 490. The molecule has 0 fully saturated rings. The van der Waals surface area contributed by atoms with E-state index >= 15 is 0 Å². The van der Waals surface area contributed by atoms with E-state index in [1.165, 1.54) is 10.4 Å². The summed E-state index contributed by atoms with van der Waals surface area (Å²) in [5.74, 6) is 0. The summed E-state index contributed by atoms with van der Waals surface area (Å²) in [5.41, 5.74) is 5.37. The molecule has 0 aliphatic rings. The van der Waals surface area contributed by atoms with Crippen LogP contribution in [0.1, 0.15) is 39.5 Å². The van der Waals surface area contributed by atoms with Gasteiger partial charge in [0, 0.05) is 5.71 Å².